The molecule has 0 aliphatic heterocycles. The zero-order chi connectivity index (χ0) is 24.4. The maximum Gasteiger partial charge on any atom is 0.305 e. The fourth-order valence-electron chi connectivity index (χ4n) is 3.66. The van der Waals surface area contributed by atoms with Crippen LogP contribution in [0.25, 0.3) is 0 Å². The summed E-state index contributed by atoms with van der Waals surface area (Å²) in [6.07, 6.45) is 24.4. The van der Waals surface area contributed by atoms with Crippen LogP contribution in [0.2, 0.25) is 0 Å². The Morgan fingerprint density at radius 2 is 1.21 bits per heavy atom. The summed E-state index contributed by atoms with van der Waals surface area (Å²) in [6.45, 7) is 5.00. The number of hydrogen-bond donors (Lipinski definition) is 0. The van der Waals surface area contributed by atoms with Crippen LogP contribution in [0.3, 0.4) is 0 Å². The number of esters is 1. The lowest BCUT2D eigenvalue weighted by molar-refractivity contribution is -0.141. The average Bonchev–Trinajstić information content (AvgIpc) is 2.81. The van der Waals surface area contributed by atoms with Gasteiger partial charge in [-0.2, -0.15) is 0 Å². The monoisotopic (exact) mass is 469 g/mol. The van der Waals surface area contributed by atoms with Crippen molar-refractivity contribution >= 4 is 5.97 Å². The maximum atomic E-state index is 11.1. The van der Waals surface area contributed by atoms with E-state index in [1.165, 1.54) is 90.6 Å². The molecule has 1 atom stereocenters. The Bertz CT molecular complexity index is 440. The van der Waals surface area contributed by atoms with E-state index in [4.69, 9.17) is 9.47 Å². The molecule has 0 aliphatic rings. The lowest BCUT2D eigenvalue weighted by Gasteiger charge is -2.24. The Morgan fingerprint density at radius 1 is 0.727 bits per heavy atom. The molecule has 0 saturated carbocycles. The summed E-state index contributed by atoms with van der Waals surface area (Å²) in [5, 5.41) is 0. The summed E-state index contributed by atoms with van der Waals surface area (Å²) < 4.78 is 16.2. The summed E-state index contributed by atoms with van der Waals surface area (Å²) >= 11 is 0. The van der Waals surface area contributed by atoms with E-state index in [2.05, 4.69) is 42.8 Å². The number of ether oxygens (including phenoxy) is 3. The highest BCUT2D eigenvalue weighted by atomic mass is 16.5. The zero-order valence-electron chi connectivity index (χ0n) is 22.5. The van der Waals surface area contributed by atoms with Gasteiger partial charge in [-0.3, -0.25) is 4.79 Å². The summed E-state index contributed by atoms with van der Waals surface area (Å²) in [7, 11) is 5.52. The highest BCUT2D eigenvalue weighted by Gasteiger charge is 2.12. The van der Waals surface area contributed by atoms with Crippen molar-refractivity contribution in [2.24, 2.45) is 0 Å². The molecule has 0 bridgehead atoms. The molecule has 196 valence electrons. The fraction of sp³-hybridized carbons (Fsp3) is 0.893. The first kappa shape index (κ1) is 32.1. The number of carbonyl (C=O) groups is 1. The Morgan fingerprint density at radius 3 is 1.73 bits per heavy atom. The topological polar surface area (TPSA) is 48.0 Å². The number of rotatable bonds is 25. The lowest BCUT2D eigenvalue weighted by atomic mass is 10.1. The van der Waals surface area contributed by atoms with Crippen LogP contribution < -0.4 is 0 Å². The predicted molar refractivity (Wildman–Crippen MR) is 140 cm³/mol. The van der Waals surface area contributed by atoms with Gasteiger partial charge in [0.05, 0.1) is 26.4 Å². The molecule has 0 aromatic rings. The fourth-order valence-corrected chi connectivity index (χ4v) is 3.66. The SMILES string of the molecule is CCCCCCCC/C=C/CCCCCCCCOCC(COCCCC(=O)OC)N(C)C. The van der Waals surface area contributed by atoms with E-state index < -0.39 is 0 Å². The minimum atomic E-state index is -0.179. The maximum absolute atomic E-state index is 11.1. The molecule has 0 N–H and O–H groups in total. The first-order valence-electron chi connectivity index (χ1n) is 13.7. The molecule has 1 unspecified atom stereocenters. The summed E-state index contributed by atoms with van der Waals surface area (Å²) in [5.74, 6) is -0.179. The molecule has 0 spiro atoms. The highest BCUT2D eigenvalue weighted by Crippen LogP contribution is 2.10. The molecule has 33 heavy (non-hydrogen) atoms. The van der Waals surface area contributed by atoms with E-state index in [0.717, 1.165) is 13.0 Å². The van der Waals surface area contributed by atoms with Crippen molar-refractivity contribution in [2.45, 2.75) is 116 Å². The van der Waals surface area contributed by atoms with Crippen LogP contribution in [0.1, 0.15) is 110 Å². The molecule has 0 aliphatic carbocycles. The Labute approximate surface area is 205 Å². The number of hydrogen-bond acceptors (Lipinski definition) is 5. The normalized spacial score (nSPS) is 12.6. The second-order valence-electron chi connectivity index (χ2n) is 9.38. The third-order valence-corrected chi connectivity index (χ3v) is 6.05. The van der Waals surface area contributed by atoms with Gasteiger partial charge in [-0.1, -0.05) is 76.9 Å². The lowest BCUT2D eigenvalue weighted by Crippen LogP contribution is -2.37. The molecule has 0 radical (unpaired) electrons. The minimum Gasteiger partial charge on any atom is -0.469 e. The number of nitrogens with zero attached hydrogens (tertiary/aromatic N) is 1. The molecular formula is C28H55NO4. The van der Waals surface area contributed by atoms with Gasteiger partial charge < -0.3 is 19.1 Å². The van der Waals surface area contributed by atoms with Gasteiger partial charge in [0.25, 0.3) is 0 Å². The van der Waals surface area contributed by atoms with Crippen LogP contribution >= 0.6 is 0 Å². The van der Waals surface area contributed by atoms with Gasteiger partial charge in [0.2, 0.25) is 0 Å². The van der Waals surface area contributed by atoms with Crippen molar-refractivity contribution in [3.8, 4) is 0 Å². The molecule has 0 heterocycles. The Balaban J connectivity index is 3.43. The van der Waals surface area contributed by atoms with Gasteiger partial charge >= 0.3 is 5.97 Å². The minimum absolute atomic E-state index is 0.179. The first-order chi connectivity index (χ1) is 16.1. The van der Waals surface area contributed by atoms with Gasteiger partial charge in [-0.05, 0) is 52.6 Å². The third kappa shape index (κ3) is 24.0. The van der Waals surface area contributed by atoms with Crippen LogP contribution in [-0.2, 0) is 19.0 Å². The quantitative estimate of drug-likeness (QED) is 0.0823. The number of carbonyl (C=O) groups excluding carboxylic acids is 1. The molecule has 0 rings (SSSR count). The van der Waals surface area contributed by atoms with Crippen molar-refractivity contribution in [2.75, 3.05) is 47.6 Å². The Hall–Kier alpha value is -0.910. The summed E-state index contributed by atoms with van der Waals surface area (Å²) in [6, 6.07) is 0.247. The van der Waals surface area contributed by atoms with Crippen LogP contribution in [0.15, 0.2) is 12.2 Å². The number of likely N-dealkylation sites (N-methyl/N-ethyl adjacent to an activating group) is 1. The van der Waals surface area contributed by atoms with Crippen LogP contribution in [0.4, 0.5) is 0 Å². The van der Waals surface area contributed by atoms with E-state index >= 15 is 0 Å². The van der Waals surface area contributed by atoms with E-state index in [0.29, 0.717) is 32.7 Å². The van der Waals surface area contributed by atoms with Crippen LogP contribution in [0, 0.1) is 0 Å². The number of methoxy groups -OCH3 is 1. The van der Waals surface area contributed by atoms with E-state index in [1.54, 1.807) is 0 Å². The van der Waals surface area contributed by atoms with E-state index in [1.807, 2.05) is 0 Å². The summed E-state index contributed by atoms with van der Waals surface area (Å²) in [5.41, 5.74) is 0. The molecule has 0 saturated heterocycles. The van der Waals surface area contributed by atoms with Crippen molar-refractivity contribution in [3.63, 3.8) is 0 Å². The van der Waals surface area contributed by atoms with Gasteiger partial charge in [-0.25, -0.2) is 0 Å². The average molecular weight is 470 g/mol. The number of unbranched alkanes of at least 4 members (excludes halogenated alkanes) is 12. The van der Waals surface area contributed by atoms with E-state index in [9.17, 15) is 4.79 Å². The summed E-state index contributed by atoms with van der Waals surface area (Å²) in [4.78, 5) is 13.2. The second-order valence-corrected chi connectivity index (χ2v) is 9.38. The van der Waals surface area contributed by atoms with E-state index in [-0.39, 0.29) is 12.0 Å². The predicted octanol–water partition coefficient (Wildman–Crippen LogP) is 6.94. The van der Waals surface area contributed by atoms with Gasteiger partial charge in [-0.15, -0.1) is 0 Å². The largest absolute Gasteiger partial charge is 0.469 e. The van der Waals surface area contributed by atoms with Gasteiger partial charge in [0.15, 0.2) is 0 Å². The molecular weight excluding hydrogens is 414 g/mol. The molecule has 0 fully saturated rings. The first-order valence-corrected chi connectivity index (χ1v) is 13.7. The number of allylic oxidation sites excluding steroid dienone is 2. The Kier molecular flexibility index (Phi) is 25.0. The standard InChI is InChI=1S/C28H55NO4/c1-5-6-7-8-9-10-11-12-13-14-15-16-17-18-19-20-23-32-25-27(29(2)3)26-33-24-21-22-28(30)31-4/h12-13,27H,5-11,14-26H2,1-4H3/b13-12+. The molecule has 0 aromatic heterocycles. The van der Waals surface area contributed by atoms with Crippen molar-refractivity contribution < 1.29 is 19.0 Å². The molecule has 0 aromatic carbocycles. The van der Waals surface area contributed by atoms with Crippen LogP contribution in [0.5, 0.6) is 0 Å². The molecule has 5 nitrogen and oxygen atoms in total. The van der Waals surface area contributed by atoms with Crippen molar-refractivity contribution in [3.05, 3.63) is 12.2 Å². The zero-order valence-corrected chi connectivity index (χ0v) is 22.5. The highest BCUT2D eigenvalue weighted by molar-refractivity contribution is 5.68. The third-order valence-electron chi connectivity index (χ3n) is 6.05. The second kappa shape index (κ2) is 25.7. The van der Waals surface area contributed by atoms with Gasteiger partial charge in [0.1, 0.15) is 0 Å². The van der Waals surface area contributed by atoms with Gasteiger partial charge in [0, 0.05) is 19.6 Å². The van der Waals surface area contributed by atoms with Crippen LogP contribution in [-0.4, -0.2) is 64.5 Å². The molecule has 5 heteroatoms. The van der Waals surface area contributed by atoms with Crippen molar-refractivity contribution in [1.82, 2.24) is 4.90 Å². The van der Waals surface area contributed by atoms with Crippen molar-refractivity contribution in [1.29, 1.82) is 0 Å². The molecule has 0 amide bonds. The smallest absolute Gasteiger partial charge is 0.305 e.